The molecule has 24 heavy (non-hydrogen) atoms. The van der Waals surface area contributed by atoms with Crippen molar-refractivity contribution in [2.75, 3.05) is 18.5 Å². The molecule has 0 saturated heterocycles. The zero-order chi connectivity index (χ0) is 17.0. The molecular formula is C20H24N2O2. The van der Waals surface area contributed by atoms with Gasteiger partial charge in [-0.1, -0.05) is 29.8 Å². The Balaban J connectivity index is 1.53. The molecule has 1 fully saturated rings. The lowest BCUT2D eigenvalue weighted by Gasteiger charge is -2.17. The molecule has 0 aromatic heterocycles. The first-order chi connectivity index (χ1) is 11.6. The van der Waals surface area contributed by atoms with E-state index in [1.165, 1.54) is 11.1 Å². The highest BCUT2D eigenvalue weighted by atomic mass is 16.5. The second-order valence-corrected chi connectivity index (χ2v) is 6.41. The summed E-state index contributed by atoms with van der Waals surface area (Å²) in [6, 6.07) is 15.8. The number of anilines is 1. The van der Waals surface area contributed by atoms with E-state index in [-0.39, 0.29) is 11.4 Å². The van der Waals surface area contributed by atoms with Crippen LogP contribution in [-0.2, 0) is 5.41 Å². The van der Waals surface area contributed by atoms with E-state index >= 15 is 0 Å². The van der Waals surface area contributed by atoms with Crippen molar-refractivity contribution in [3.05, 3.63) is 59.7 Å². The Labute approximate surface area is 143 Å². The molecule has 126 valence electrons. The van der Waals surface area contributed by atoms with Crippen LogP contribution in [-0.4, -0.2) is 19.2 Å². The normalized spacial score (nSPS) is 14.8. The summed E-state index contributed by atoms with van der Waals surface area (Å²) in [5, 5.41) is 5.87. The molecule has 0 atom stereocenters. The number of amides is 2. The number of aryl methyl sites for hydroxylation is 1. The summed E-state index contributed by atoms with van der Waals surface area (Å²) >= 11 is 0. The number of carbonyl (C=O) groups excluding carboxylic acids is 1. The van der Waals surface area contributed by atoms with E-state index in [2.05, 4.69) is 41.8 Å². The van der Waals surface area contributed by atoms with Crippen molar-refractivity contribution in [3.8, 4) is 5.75 Å². The van der Waals surface area contributed by atoms with Crippen molar-refractivity contribution in [1.82, 2.24) is 5.32 Å². The first kappa shape index (κ1) is 16.4. The van der Waals surface area contributed by atoms with Gasteiger partial charge in [0.1, 0.15) is 5.75 Å². The molecule has 1 saturated carbocycles. The molecule has 0 bridgehead atoms. The number of urea groups is 1. The van der Waals surface area contributed by atoms with Crippen molar-refractivity contribution in [3.63, 3.8) is 0 Å². The van der Waals surface area contributed by atoms with Crippen LogP contribution in [0.4, 0.5) is 10.5 Å². The molecule has 0 spiro atoms. The molecule has 1 aliphatic rings. The average Bonchev–Trinajstić information content (AvgIpc) is 3.37. The number of rotatable bonds is 6. The minimum absolute atomic E-state index is 0.115. The Morgan fingerprint density at radius 3 is 2.33 bits per heavy atom. The maximum Gasteiger partial charge on any atom is 0.319 e. The number of nitrogens with one attached hydrogen (secondary N) is 2. The molecule has 1 aliphatic carbocycles. The van der Waals surface area contributed by atoms with Crippen LogP contribution in [0.2, 0.25) is 0 Å². The Morgan fingerprint density at radius 1 is 1.08 bits per heavy atom. The highest BCUT2D eigenvalue weighted by molar-refractivity contribution is 5.89. The first-order valence-corrected chi connectivity index (χ1v) is 8.46. The summed E-state index contributed by atoms with van der Waals surface area (Å²) in [5.41, 5.74) is 3.45. The Morgan fingerprint density at radius 2 is 1.75 bits per heavy atom. The molecule has 4 nitrogen and oxygen atoms in total. The summed E-state index contributed by atoms with van der Waals surface area (Å²) in [7, 11) is 0. The van der Waals surface area contributed by atoms with Gasteiger partial charge in [-0.05, 0) is 56.5 Å². The topological polar surface area (TPSA) is 50.4 Å². The molecule has 2 aromatic carbocycles. The van der Waals surface area contributed by atoms with E-state index in [1.807, 2.05) is 31.2 Å². The van der Waals surface area contributed by atoms with Crippen molar-refractivity contribution < 1.29 is 9.53 Å². The molecular weight excluding hydrogens is 300 g/mol. The maximum absolute atomic E-state index is 12.1. The standard InChI is InChI=1S/C20H24N2O2/c1-3-24-18-10-8-17(9-11-18)22-19(23)21-14-20(12-13-20)16-6-4-15(2)5-7-16/h4-11H,3,12-14H2,1-2H3,(H2,21,22,23). The highest BCUT2D eigenvalue weighted by Crippen LogP contribution is 2.47. The van der Waals surface area contributed by atoms with E-state index < -0.39 is 0 Å². The summed E-state index contributed by atoms with van der Waals surface area (Å²) in [6.07, 6.45) is 2.25. The fourth-order valence-corrected chi connectivity index (χ4v) is 2.85. The molecule has 3 rings (SSSR count). The van der Waals surface area contributed by atoms with Crippen LogP contribution in [0.5, 0.6) is 5.75 Å². The van der Waals surface area contributed by atoms with E-state index in [1.54, 1.807) is 0 Å². The lowest BCUT2D eigenvalue weighted by atomic mass is 9.95. The molecule has 0 aliphatic heterocycles. The predicted molar refractivity (Wildman–Crippen MR) is 96.7 cm³/mol. The third-order valence-electron chi connectivity index (χ3n) is 4.53. The largest absolute Gasteiger partial charge is 0.494 e. The van der Waals surface area contributed by atoms with E-state index in [9.17, 15) is 4.79 Å². The zero-order valence-corrected chi connectivity index (χ0v) is 14.3. The minimum atomic E-state index is -0.169. The molecule has 0 radical (unpaired) electrons. The van der Waals surface area contributed by atoms with Crippen LogP contribution < -0.4 is 15.4 Å². The smallest absolute Gasteiger partial charge is 0.319 e. The Hall–Kier alpha value is -2.49. The molecule has 2 amide bonds. The fraction of sp³-hybridized carbons (Fsp3) is 0.350. The van der Waals surface area contributed by atoms with E-state index in [4.69, 9.17) is 4.74 Å². The fourth-order valence-electron chi connectivity index (χ4n) is 2.85. The van der Waals surface area contributed by atoms with Gasteiger partial charge >= 0.3 is 6.03 Å². The van der Waals surface area contributed by atoms with E-state index in [0.29, 0.717) is 13.2 Å². The van der Waals surface area contributed by atoms with Gasteiger partial charge in [-0.25, -0.2) is 4.79 Å². The van der Waals surface area contributed by atoms with Gasteiger partial charge in [-0.15, -0.1) is 0 Å². The maximum atomic E-state index is 12.1. The van der Waals surface area contributed by atoms with Gasteiger partial charge in [0.25, 0.3) is 0 Å². The van der Waals surface area contributed by atoms with Crippen LogP contribution in [0.25, 0.3) is 0 Å². The average molecular weight is 324 g/mol. The van der Waals surface area contributed by atoms with Crippen LogP contribution in [0.3, 0.4) is 0 Å². The van der Waals surface area contributed by atoms with Gasteiger partial charge in [-0.2, -0.15) is 0 Å². The summed E-state index contributed by atoms with van der Waals surface area (Å²) in [4.78, 5) is 12.1. The van der Waals surface area contributed by atoms with Crippen molar-refractivity contribution in [2.24, 2.45) is 0 Å². The quantitative estimate of drug-likeness (QED) is 0.834. The van der Waals surface area contributed by atoms with Gasteiger partial charge in [-0.3, -0.25) is 0 Å². The number of hydrogen-bond donors (Lipinski definition) is 2. The number of carbonyl (C=O) groups is 1. The van der Waals surface area contributed by atoms with Gasteiger partial charge in [0.15, 0.2) is 0 Å². The van der Waals surface area contributed by atoms with Gasteiger partial charge in [0.05, 0.1) is 6.61 Å². The summed E-state index contributed by atoms with van der Waals surface area (Å²) in [5.74, 6) is 0.805. The van der Waals surface area contributed by atoms with Gasteiger partial charge in [0.2, 0.25) is 0 Å². The van der Waals surface area contributed by atoms with Gasteiger partial charge < -0.3 is 15.4 Å². The van der Waals surface area contributed by atoms with Crippen molar-refractivity contribution >= 4 is 11.7 Å². The lowest BCUT2D eigenvalue weighted by Crippen LogP contribution is -2.35. The first-order valence-electron chi connectivity index (χ1n) is 8.46. The predicted octanol–water partition coefficient (Wildman–Crippen LogP) is 4.25. The monoisotopic (exact) mass is 324 g/mol. The van der Waals surface area contributed by atoms with Crippen LogP contribution in [0.1, 0.15) is 30.9 Å². The summed E-state index contributed by atoms with van der Waals surface area (Å²) in [6.45, 7) is 5.33. The third kappa shape index (κ3) is 3.88. The SMILES string of the molecule is CCOc1ccc(NC(=O)NCC2(c3ccc(C)cc3)CC2)cc1. The third-order valence-corrected chi connectivity index (χ3v) is 4.53. The van der Waals surface area contributed by atoms with Crippen LogP contribution >= 0.6 is 0 Å². The number of ether oxygens (including phenoxy) is 1. The van der Waals surface area contributed by atoms with Crippen molar-refractivity contribution in [1.29, 1.82) is 0 Å². The molecule has 2 aromatic rings. The minimum Gasteiger partial charge on any atom is -0.494 e. The van der Waals surface area contributed by atoms with Crippen molar-refractivity contribution in [2.45, 2.75) is 32.1 Å². The van der Waals surface area contributed by atoms with E-state index in [0.717, 1.165) is 24.3 Å². The molecule has 0 heterocycles. The molecule has 0 unspecified atom stereocenters. The highest BCUT2D eigenvalue weighted by Gasteiger charge is 2.44. The molecule has 2 N–H and O–H groups in total. The zero-order valence-electron chi connectivity index (χ0n) is 14.3. The molecule has 4 heteroatoms. The lowest BCUT2D eigenvalue weighted by molar-refractivity contribution is 0.251. The Kier molecular flexibility index (Phi) is 4.74. The van der Waals surface area contributed by atoms with Crippen LogP contribution in [0.15, 0.2) is 48.5 Å². The number of benzene rings is 2. The number of hydrogen-bond acceptors (Lipinski definition) is 2. The second-order valence-electron chi connectivity index (χ2n) is 6.41. The van der Waals surface area contributed by atoms with Gasteiger partial charge in [0, 0.05) is 17.6 Å². The second kappa shape index (κ2) is 6.95. The van der Waals surface area contributed by atoms with Crippen LogP contribution in [0, 0.1) is 6.92 Å². The Bertz CT molecular complexity index is 689. The summed E-state index contributed by atoms with van der Waals surface area (Å²) < 4.78 is 5.40.